The van der Waals surface area contributed by atoms with Crippen LogP contribution < -0.4 is 5.32 Å². The quantitative estimate of drug-likeness (QED) is 0.891. The van der Waals surface area contributed by atoms with Gasteiger partial charge < -0.3 is 10.2 Å². The van der Waals surface area contributed by atoms with E-state index in [4.69, 9.17) is 0 Å². The molecule has 0 unspecified atom stereocenters. The number of amides is 1. The van der Waals surface area contributed by atoms with Crippen molar-refractivity contribution in [2.45, 2.75) is 27.3 Å². The average Bonchev–Trinajstić information content (AvgIpc) is 2.55. The monoisotopic (exact) mass is 298 g/mol. The molecule has 2 rings (SSSR count). The van der Waals surface area contributed by atoms with Gasteiger partial charge in [-0.3, -0.25) is 4.79 Å². The molecule has 116 valence electrons. The molecule has 0 spiro atoms. The van der Waals surface area contributed by atoms with Crippen molar-refractivity contribution in [2.24, 2.45) is 0 Å². The minimum atomic E-state index is -0.0636. The zero-order chi connectivity index (χ0) is 15.9. The van der Waals surface area contributed by atoms with Crippen LogP contribution in [0, 0.1) is 6.92 Å². The maximum atomic E-state index is 12.3. The van der Waals surface area contributed by atoms with E-state index in [0.717, 1.165) is 0 Å². The van der Waals surface area contributed by atoms with E-state index in [1.165, 1.54) is 11.1 Å². The van der Waals surface area contributed by atoms with Crippen LogP contribution in [0.25, 0.3) is 0 Å². The minimum Gasteiger partial charge on any atom is -0.350 e. The number of hydrogen-bond acceptors (Lipinski definition) is 4. The van der Waals surface area contributed by atoms with Crippen LogP contribution in [-0.4, -0.2) is 33.9 Å². The molecule has 5 heteroatoms. The molecule has 1 N–H and O–H groups in total. The van der Waals surface area contributed by atoms with E-state index in [2.05, 4.69) is 34.3 Å². The smallest absolute Gasteiger partial charge is 0.272 e. The van der Waals surface area contributed by atoms with Crippen molar-refractivity contribution in [1.29, 1.82) is 0 Å². The van der Waals surface area contributed by atoms with E-state index in [1.807, 2.05) is 26.0 Å². The van der Waals surface area contributed by atoms with E-state index >= 15 is 0 Å². The largest absolute Gasteiger partial charge is 0.350 e. The molecule has 0 atom stereocenters. The Kier molecular flexibility index (Phi) is 5.47. The van der Waals surface area contributed by atoms with Crippen molar-refractivity contribution >= 4 is 11.9 Å². The van der Waals surface area contributed by atoms with Gasteiger partial charge >= 0.3 is 0 Å². The Morgan fingerprint density at radius 1 is 1.18 bits per heavy atom. The van der Waals surface area contributed by atoms with Crippen LogP contribution in [0.5, 0.6) is 0 Å². The second-order valence-electron chi connectivity index (χ2n) is 5.02. The highest BCUT2D eigenvalue weighted by atomic mass is 16.2. The van der Waals surface area contributed by atoms with Crippen LogP contribution in [0.4, 0.5) is 5.95 Å². The van der Waals surface area contributed by atoms with Gasteiger partial charge in [0.1, 0.15) is 5.69 Å². The van der Waals surface area contributed by atoms with Gasteiger partial charge in [0.15, 0.2) is 0 Å². The third-order valence-electron chi connectivity index (χ3n) is 3.62. The van der Waals surface area contributed by atoms with Crippen LogP contribution in [0.15, 0.2) is 36.5 Å². The summed E-state index contributed by atoms with van der Waals surface area (Å²) in [5.74, 6) is 0.410. The topological polar surface area (TPSA) is 58.1 Å². The molecule has 0 aliphatic rings. The van der Waals surface area contributed by atoms with Crippen LogP contribution in [0.3, 0.4) is 0 Å². The molecule has 1 aromatic heterocycles. The molecular weight excluding hydrogens is 276 g/mol. The van der Waals surface area contributed by atoms with E-state index in [-0.39, 0.29) is 5.91 Å². The summed E-state index contributed by atoms with van der Waals surface area (Å²) in [6.45, 7) is 7.96. The molecule has 0 aliphatic heterocycles. The molecule has 2 aromatic rings. The highest BCUT2D eigenvalue weighted by Gasteiger charge is 2.14. The van der Waals surface area contributed by atoms with Crippen LogP contribution in [0.1, 0.15) is 35.5 Å². The molecule has 1 amide bonds. The zero-order valence-corrected chi connectivity index (χ0v) is 13.3. The number of carbonyl (C=O) groups excluding carboxylic acids is 1. The molecule has 0 bridgehead atoms. The van der Waals surface area contributed by atoms with E-state index in [1.54, 1.807) is 17.2 Å². The summed E-state index contributed by atoms with van der Waals surface area (Å²) in [5.41, 5.74) is 2.82. The van der Waals surface area contributed by atoms with Gasteiger partial charge in [0, 0.05) is 25.8 Å². The third kappa shape index (κ3) is 3.81. The lowest BCUT2D eigenvalue weighted by Crippen LogP contribution is -2.31. The maximum absolute atomic E-state index is 12.3. The maximum Gasteiger partial charge on any atom is 0.272 e. The van der Waals surface area contributed by atoms with E-state index in [0.29, 0.717) is 31.3 Å². The summed E-state index contributed by atoms with van der Waals surface area (Å²) in [4.78, 5) is 22.5. The molecule has 0 aliphatic carbocycles. The number of aryl methyl sites for hydroxylation is 1. The number of hydrogen-bond donors (Lipinski definition) is 1. The standard InChI is InChI=1S/C17H22N4O/c1-4-21(5-2)16(22)15-10-11-18-17(20-15)19-12-14-9-7-6-8-13(14)3/h6-11H,4-5,12H2,1-3H3,(H,18,19,20). The summed E-state index contributed by atoms with van der Waals surface area (Å²) in [5, 5.41) is 3.18. The first-order valence-electron chi connectivity index (χ1n) is 7.56. The molecule has 1 aromatic carbocycles. The first kappa shape index (κ1) is 15.9. The molecule has 0 saturated heterocycles. The molecule has 0 fully saturated rings. The predicted octanol–water partition coefficient (Wildman–Crippen LogP) is 2.88. The summed E-state index contributed by atoms with van der Waals surface area (Å²) in [6, 6.07) is 9.80. The van der Waals surface area contributed by atoms with Crippen molar-refractivity contribution in [3.63, 3.8) is 0 Å². The van der Waals surface area contributed by atoms with Crippen molar-refractivity contribution < 1.29 is 4.79 Å². The average molecular weight is 298 g/mol. The molecule has 0 saturated carbocycles. The predicted molar refractivity (Wildman–Crippen MR) is 87.8 cm³/mol. The fraction of sp³-hybridized carbons (Fsp3) is 0.353. The molecular formula is C17H22N4O. The Morgan fingerprint density at radius 3 is 2.59 bits per heavy atom. The minimum absolute atomic E-state index is 0.0636. The first-order valence-corrected chi connectivity index (χ1v) is 7.56. The second-order valence-corrected chi connectivity index (χ2v) is 5.02. The van der Waals surface area contributed by atoms with Gasteiger partial charge in [-0.15, -0.1) is 0 Å². The number of nitrogens with zero attached hydrogens (tertiary/aromatic N) is 3. The van der Waals surface area contributed by atoms with Crippen molar-refractivity contribution in [3.8, 4) is 0 Å². The van der Waals surface area contributed by atoms with Gasteiger partial charge in [0.05, 0.1) is 0 Å². The Labute approximate surface area is 131 Å². The number of benzene rings is 1. The number of anilines is 1. The summed E-state index contributed by atoms with van der Waals surface area (Å²) in [6.07, 6.45) is 1.61. The highest BCUT2D eigenvalue weighted by Crippen LogP contribution is 2.10. The second kappa shape index (κ2) is 7.54. The Hall–Kier alpha value is -2.43. The summed E-state index contributed by atoms with van der Waals surface area (Å²) in [7, 11) is 0. The summed E-state index contributed by atoms with van der Waals surface area (Å²) >= 11 is 0. The third-order valence-corrected chi connectivity index (χ3v) is 3.62. The van der Waals surface area contributed by atoms with E-state index < -0.39 is 0 Å². The summed E-state index contributed by atoms with van der Waals surface area (Å²) < 4.78 is 0. The normalized spacial score (nSPS) is 10.3. The lowest BCUT2D eigenvalue weighted by atomic mass is 10.1. The fourth-order valence-electron chi connectivity index (χ4n) is 2.22. The zero-order valence-electron chi connectivity index (χ0n) is 13.3. The molecule has 1 heterocycles. The number of nitrogens with one attached hydrogen (secondary N) is 1. The Balaban J connectivity index is 2.09. The van der Waals surface area contributed by atoms with Gasteiger partial charge in [-0.25, -0.2) is 9.97 Å². The SMILES string of the molecule is CCN(CC)C(=O)c1ccnc(NCc2ccccc2C)n1. The molecule has 0 radical (unpaired) electrons. The van der Waals surface area contributed by atoms with Gasteiger partial charge in [-0.05, 0) is 38.0 Å². The number of rotatable bonds is 6. The Morgan fingerprint density at radius 2 is 1.91 bits per heavy atom. The van der Waals surface area contributed by atoms with Crippen molar-refractivity contribution in [2.75, 3.05) is 18.4 Å². The van der Waals surface area contributed by atoms with Crippen molar-refractivity contribution in [3.05, 3.63) is 53.3 Å². The van der Waals surface area contributed by atoms with Gasteiger partial charge in [0.2, 0.25) is 5.95 Å². The number of carbonyl (C=O) groups is 1. The van der Waals surface area contributed by atoms with Crippen molar-refractivity contribution in [1.82, 2.24) is 14.9 Å². The van der Waals surface area contributed by atoms with Gasteiger partial charge in [-0.1, -0.05) is 24.3 Å². The number of aromatic nitrogens is 2. The van der Waals surface area contributed by atoms with E-state index in [9.17, 15) is 4.79 Å². The lowest BCUT2D eigenvalue weighted by molar-refractivity contribution is 0.0767. The highest BCUT2D eigenvalue weighted by molar-refractivity contribution is 5.92. The first-order chi connectivity index (χ1) is 10.7. The van der Waals surface area contributed by atoms with Crippen LogP contribution in [-0.2, 0) is 6.54 Å². The molecule has 5 nitrogen and oxygen atoms in total. The Bertz CT molecular complexity index is 638. The van der Waals surface area contributed by atoms with Crippen LogP contribution in [0.2, 0.25) is 0 Å². The lowest BCUT2D eigenvalue weighted by Gasteiger charge is -2.18. The fourth-order valence-corrected chi connectivity index (χ4v) is 2.22. The molecule has 22 heavy (non-hydrogen) atoms. The van der Waals surface area contributed by atoms with Crippen LogP contribution >= 0.6 is 0 Å². The van der Waals surface area contributed by atoms with Gasteiger partial charge in [0.25, 0.3) is 5.91 Å². The van der Waals surface area contributed by atoms with Gasteiger partial charge in [-0.2, -0.15) is 0 Å².